The molecule has 2 aromatic rings. The van der Waals surface area contributed by atoms with Gasteiger partial charge in [0.1, 0.15) is 12.4 Å². The zero-order valence-corrected chi connectivity index (χ0v) is 11.6. The van der Waals surface area contributed by atoms with Crippen molar-refractivity contribution in [2.45, 2.75) is 13.0 Å². The Balaban J connectivity index is 1.80. The molecule has 0 bridgehead atoms. The molecule has 0 radical (unpaired) electrons. The highest BCUT2D eigenvalue weighted by Gasteiger charge is 2.01. The maximum atomic E-state index is 5.64. The molecule has 0 aliphatic heterocycles. The van der Waals surface area contributed by atoms with Crippen molar-refractivity contribution < 1.29 is 4.74 Å². The lowest BCUT2D eigenvalue weighted by Crippen LogP contribution is -2.17. The first-order chi connectivity index (χ1) is 9.90. The van der Waals surface area contributed by atoms with Crippen molar-refractivity contribution in [2.24, 2.45) is 0 Å². The van der Waals surface area contributed by atoms with E-state index >= 15 is 0 Å². The van der Waals surface area contributed by atoms with Crippen LogP contribution in [0, 0.1) is 0 Å². The molecular formula is C17H20N2O. The van der Waals surface area contributed by atoms with Crippen LogP contribution in [0.15, 0.2) is 61.4 Å². The number of para-hydroxylation sites is 1. The monoisotopic (exact) mass is 268 g/mol. The number of rotatable bonds is 8. The molecule has 1 aromatic heterocycles. The molecule has 2 rings (SSSR count). The third kappa shape index (κ3) is 4.52. The summed E-state index contributed by atoms with van der Waals surface area (Å²) in [5.41, 5.74) is 2.47. The lowest BCUT2D eigenvalue weighted by molar-refractivity contribution is 0.358. The molecule has 0 aliphatic rings. The van der Waals surface area contributed by atoms with Gasteiger partial charge in [0.05, 0.1) is 0 Å². The third-order valence-corrected chi connectivity index (χ3v) is 2.98. The first-order valence-corrected chi connectivity index (χ1v) is 6.81. The zero-order chi connectivity index (χ0) is 14.0. The minimum atomic E-state index is 0.536. The van der Waals surface area contributed by atoms with Crippen LogP contribution in [0.5, 0.6) is 5.75 Å². The fraction of sp³-hybridized carbons (Fsp3) is 0.235. The summed E-state index contributed by atoms with van der Waals surface area (Å²) in [4.78, 5) is 4.02. The van der Waals surface area contributed by atoms with Crippen molar-refractivity contribution in [3.8, 4) is 5.75 Å². The van der Waals surface area contributed by atoms with Gasteiger partial charge in [-0.05, 0) is 36.7 Å². The second-order valence-electron chi connectivity index (χ2n) is 4.49. The summed E-state index contributed by atoms with van der Waals surface area (Å²) in [6.07, 6.45) is 6.41. The second kappa shape index (κ2) is 8.12. The Morgan fingerprint density at radius 3 is 2.75 bits per heavy atom. The summed E-state index contributed by atoms with van der Waals surface area (Å²) in [5.74, 6) is 0.920. The molecule has 0 atom stereocenters. The highest BCUT2D eigenvalue weighted by molar-refractivity contribution is 5.33. The maximum absolute atomic E-state index is 5.64. The van der Waals surface area contributed by atoms with E-state index in [2.05, 4.69) is 22.9 Å². The molecule has 0 unspecified atom stereocenters. The Kier molecular flexibility index (Phi) is 5.80. The number of nitrogens with one attached hydrogen (secondary N) is 1. The van der Waals surface area contributed by atoms with Crippen LogP contribution in [0.4, 0.5) is 0 Å². The fourth-order valence-electron chi connectivity index (χ4n) is 1.94. The zero-order valence-electron chi connectivity index (χ0n) is 11.6. The average molecular weight is 268 g/mol. The highest BCUT2D eigenvalue weighted by Crippen LogP contribution is 2.17. The Labute approximate surface area is 120 Å². The molecule has 1 heterocycles. The first kappa shape index (κ1) is 14.3. The highest BCUT2D eigenvalue weighted by atomic mass is 16.5. The molecule has 0 saturated carbocycles. The first-order valence-electron chi connectivity index (χ1n) is 6.81. The molecule has 1 N–H and O–H groups in total. The van der Waals surface area contributed by atoms with Crippen molar-refractivity contribution in [3.05, 3.63) is 72.6 Å². The quantitative estimate of drug-likeness (QED) is 0.590. The second-order valence-corrected chi connectivity index (χ2v) is 4.49. The number of ether oxygens (including phenoxy) is 1. The smallest absolute Gasteiger partial charge is 0.124 e. The maximum Gasteiger partial charge on any atom is 0.124 e. The van der Waals surface area contributed by atoms with Crippen molar-refractivity contribution in [3.63, 3.8) is 0 Å². The van der Waals surface area contributed by atoms with E-state index in [0.717, 1.165) is 25.3 Å². The fourth-order valence-corrected chi connectivity index (χ4v) is 1.94. The van der Waals surface area contributed by atoms with Crippen molar-refractivity contribution >= 4 is 0 Å². The van der Waals surface area contributed by atoms with Gasteiger partial charge < -0.3 is 10.1 Å². The van der Waals surface area contributed by atoms with Gasteiger partial charge in [0.15, 0.2) is 0 Å². The number of benzene rings is 1. The number of hydrogen-bond donors (Lipinski definition) is 1. The third-order valence-electron chi connectivity index (χ3n) is 2.98. The summed E-state index contributed by atoms with van der Waals surface area (Å²) < 4.78 is 5.64. The Morgan fingerprint density at radius 2 is 1.95 bits per heavy atom. The molecule has 3 nitrogen and oxygen atoms in total. The minimum absolute atomic E-state index is 0.536. The molecule has 1 aromatic carbocycles. The van der Waals surface area contributed by atoms with E-state index in [9.17, 15) is 0 Å². The summed E-state index contributed by atoms with van der Waals surface area (Å²) in [7, 11) is 0. The van der Waals surface area contributed by atoms with Gasteiger partial charge in [0.2, 0.25) is 0 Å². The molecule has 0 amide bonds. The van der Waals surface area contributed by atoms with E-state index in [0.29, 0.717) is 6.61 Å². The van der Waals surface area contributed by atoms with Crippen LogP contribution in [-0.2, 0) is 13.0 Å². The van der Waals surface area contributed by atoms with Crippen LogP contribution in [0.1, 0.15) is 11.1 Å². The molecule has 0 fully saturated rings. The van der Waals surface area contributed by atoms with E-state index in [1.54, 1.807) is 6.08 Å². The largest absolute Gasteiger partial charge is 0.489 e. The molecule has 3 heteroatoms. The van der Waals surface area contributed by atoms with E-state index in [1.165, 1.54) is 11.1 Å². The van der Waals surface area contributed by atoms with Crippen molar-refractivity contribution in [2.75, 3.05) is 13.2 Å². The predicted octanol–water partition coefficient (Wildman–Crippen LogP) is 2.98. The number of nitrogens with zero attached hydrogens (tertiary/aromatic N) is 1. The lowest BCUT2D eigenvalue weighted by Gasteiger charge is -2.11. The van der Waals surface area contributed by atoms with Gasteiger partial charge in [-0.15, -0.1) is 0 Å². The van der Waals surface area contributed by atoms with Crippen LogP contribution >= 0.6 is 0 Å². The van der Waals surface area contributed by atoms with Gasteiger partial charge in [-0.2, -0.15) is 0 Å². The van der Waals surface area contributed by atoms with Gasteiger partial charge in [-0.25, -0.2) is 0 Å². The molecule has 0 saturated heterocycles. The number of aromatic nitrogens is 1. The molecule has 0 aliphatic carbocycles. The van der Waals surface area contributed by atoms with Crippen LogP contribution < -0.4 is 10.1 Å². The number of hydrogen-bond acceptors (Lipinski definition) is 3. The Bertz CT molecular complexity index is 526. The van der Waals surface area contributed by atoms with E-state index in [-0.39, 0.29) is 0 Å². The van der Waals surface area contributed by atoms with E-state index in [4.69, 9.17) is 4.74 Å². The van der Waals surface area contributed by atoms with Crippen LogP contribution in [-0.4, -0.2) is 18.1 Å². The topological polar surface area (TPSA) is 34.1 Å². The van der Waals surface area contributed by atoms with Crippen LogP contribution in [0.2, 0.25) is 0 Å². The van der Waals surface area contributed by atoms with Gasteiger partial charge >= 0.3 is 0 Å². The summed E-state index contributed by atoms with van der Waals surface area (Å²) in [5, 5.41) is 3.44. The molecule has 104 valence electrons. The average Bonchev–Trinajstić information content (AvgIpc) is 2.51. The Hall–Kier alpha value is -2.13. The van der Waals surface area contributed by atoms with E-state index < -0.39 is 0 Å². The van der Waals surface area contributed by atoms with Gasteiger partial charge in [-0.1, -0.05) is 30.9 Å². The van der Waals surface area contributed by atoms with Gasteiger partial charge in [-0.3, -0.25) is 4.98 Å². The molecular weight excluding hydrogens is 248 g/mol. The van der Waals surface area contributed by atoms with Gasteiger partial charge in [0, 0.05) is 24.5 Å². The lowest BCUT2D eigenvalue weighted by atomic mass is 10.2. The van der Waals surface area contributed by atoms with Crippen molar-refractivity contribution in [1.29, 1.82) is 0 Å². The van der Waals surface area contributed by atoms with Gasteiger partial charge in [0.25, 0.3) is 0 Å². The number of pyridine rings is 1. The Morgan fingerprint density at radius 1 is 1.15 bits per heavy atom. The predicted molar refractivity (Wildman–Crippen MR) is 81.8 cm³/mol. The normalized spacial score (nSPS) is 10.2. The molecule has 0 spiro atoms. The minimum Gasteiger partial charge on any atom is -0.489 e. The summed E-state index contributed by atoms with van der Waals surface area (Å²) >= 11 is 0. The summed E-state index contributed by atoms with van der Waals surface area (Å²) in [6, 6.07) is 12.2. The van der Waals surface area contributed by atoms with E-state index in [1.807, 2.05) is 42.7 Å². The van der Waals surface area contributed by atoms with Crippen molar-refractivity contribution in [1.82, 2.24) is 10.3 Å². The molecule has 20 heavy (non-hydrogen) atoms. The standard InChI is InChI=1S/C17H20N2O/c1-2-13-20-17-6-4-3-5-16(17)14-19-12-9-15-7-10-18-11-8-15/h2-8,10-11,19H,1,9,12-14H2. The van der Waals surface area contributed by atoms with Crippen LogP contribution in [0.25, 0.3) is 0 Å². The van der Waals surface area contributed by atoms with Crippen LogP contribution in [0.3, 0.4) is 0 Å². The SMILES string of the molecule is C=CCOc1ccccc1CNCCc1ccncc1. The summed E-state index contributed by atoms with van der Waals surface area (Å²) in [6.45, 7) is 5.94.